The molecule has 0 aliphatic carbocycles. The molecule has 2 aliphatic rings. The Labute approximate surface area is 172 Å². The number of aryl methyl sites for hydroxylation is 1. The van der Waals surface area contributed by atoms with Crippen molar-refractivity contribution in [3.05, 3.63) is 71.4 Å². The SMILES string of the molecule is Cc1cccc(-n2ncc3c2NC(=O)CC32C(=O)N(CC(N)=O)c3ccccc32)c1. The maximum absolute atomic E-state index is 13.7. The molecule has 1 spiro atoms. The highest BCUT2D eigenvalue weighted by Gasteiger charge is 2.57. The van der Waals surface area contributed by atoms with Crippen molar-refractivity contribution in [1.82, 2.24) is 9.78 Å². The number of para-hydroxylation sites is 1. The van der Waals surface area contributed by atoms with Gasteiger partial charge in [0.15, 0.2) is 0 Å². The number of nitrogens with one attached hydrogen (secondary N) is 1. The molecule has 0 saturated heterocycles. The summed E-state index contributed by atoms with van der Waals surface area (Å²) in [6, 6.07) is 14.9. The van der Waals surface area contributed by atoms with Crippen molar-refractivity contribution in [2.24, 2.45) is 5.73 Å². The van der Waals surface area contributed by atoms with Crippen molar-refractivity contribution in [1.29, 1.82) is 0 Å². The smallest absolute Gasteiger partial charge is 0.243 e. The number of hydrogen-bond donors (Lipinski definition) is 2. The fourth-order valence-electron chi connectivity index (χ4n) is 4.52. The Kier molecular flexibility index (Phi) is 3.79. The first-order valence-electron chi connectivity index (χ1n) is 9.57. The third-order valence-electron chi connectivity index (χ3n) is 5.74. The van der Waals surface area contributed by atoms with E-state index >= 15 is 0 Å². The van der Waals surface area contributed by atoms with Gasteiger partial charge in [0.05, 0.1) is 11.9 Å². The quantitative estimate of drug-likeness (QED) is 0.695. The Morgan fingerprint density at radius 1 is 1.17 bits per heavy atom. The fraction of sp³-hybridized carbons (Fsp3) is 0.182. The molecular weight excluding hydrogens is 382 g/mol. The molecule has 3 amide bonds. The highest BCUT2D eigenvalue weighted by molar-refractivity contribution is 6.17. The number of amides is 3. The van der Waals surface area contributed by atoms with Gasteiger partial charge in [-0.3, -0.25) is 14.4 Å². The number of rotatable bonds is 3. The minimum absolute atomic E-state index is 0.0649. The lowest BCUT2D eigenvalue weighted by atomic mass is 9.72. The first-order valence-corrected chi connectivity index (χ1v) is 9.57. The van der Waals surface area contributed by atoms with Gasteiger partial charge in [0, 0.05) is 17.7 Å². The highest BCUT2D eigenvalue weighted by atomic mass is 16.2. The lowest BCUT2D eigenvalue weighted by molar-refractivity contribution is -0.127. The number of benzene rings is 2. The fourth-order valence-corrected chi connectivity index (χ4v) is 4.52. The summed E-state index contributed by atoms with van der Waals surface area (Å²) in [6.45, 7) is 1.72. The predicted octanol–water partition coefficient (Wildman–Crippen LogP) is 1.64. The molecule has 0 saturated carbocycles. The van der Waals surface area contributed by atoms with E-state index in [1.807, 2.05) is 43.3 Å². The van der Waals surface area contributed by atoms with Crippen LogP contribution in [0.25, 0.3) is 5.69 Å². The van der Waals surface area contributed by atoms with Crippen molar-refractivity contribution in [3.63, 3.8) is 0 Å². The van der Waals surface area contributed by atoms with E-state index in [4.69, 9.17) is 5.73 Å². The van der Waals surface area contributed by atoms with Crippen LogP contribution in [0.5, 0.6) is 0 Å². The predicted molar refractivity (Wildman–Crippen MR) is 110 cm³/mol. The Bertz CT molecular complexity index is 1230. The number of carbonyl (C=O) groups is 3. The minimum atomic E-state index is -1.24. The molecule has 3 heterocycles. The minimum Gasteiger partial charge on any atom is -0.368 e. The van der Waals surface area contributed by atoms with Crippen molar-refractivity contribution in [2.45, 2.75) is 18.8 Å². The van der Waals surface area contributed by atoms with Gasteiger partial charge in [0.1, 0.15) is 17.8 Å². The molecule has 3 N–H and O–H groups in total. The maximum atomic E-state index is 13.7. The Balaban J connectivity index is 1.75. The molecule has 0 radical (unpaired) electrons. The van der Waals surface area contributed by atoms with E-state index in [1.165, 1.54) is 4.90 Å². The standard InChI is InChI=1S/C22H19N5O3/c1-13-5-4-6-14(9-13)27-20-16(11-24-27)22(10-19(29)25-20)15-7-2-3-8-17(15)26(21(22)30)12-18(23)28/h2-9,11H,10,12H2,1H3,(H2,23,28)(H,25,29). The lowest BCUT2D eigenvalue weighted by Gasteiger charge is -2.32. The number of fused-ring (bicyclic) bond motifs is 4. The van der Waals surface area contributed by atoms with Gasteiger partial charge in [-0.05, 0) is 36.2 Å². The molecule has 8 nitrogen and oxygen atoms in total. The molecule has 0 bridgehead atoms. The van der Waals surface area contributed by atoms with Crippen LogP contribution in [0.3, 0.4) is 0 Å². The van der Waals surface area contributed by atoms with Crippen molar-refractivity contribution in [2.75, 3.05) is 16.8 Å². The van der Waals surface area contributed by atoms with E-state index in [9.17, 15) is 14.4 Å². The normalized spacial score (nSPS) is 19.6. The van der Waals surface area contributed by atoms with Crippen LogP contribution in [-0.4, -0.2) is 34.0 Å². The van der Waals surface area contributed by atoms with Gasteiger partial charge in [0.25, 0.3) is 0 Å². The number of anilines is 2. The molecule has 5 rings (SSSR count). The maximum Gasteiger partial charge on any atom is 0.243 e. The van der Waals surface area contributed by atoms with Crippen molar-refractivity contribution >= 4 is 29.2 Å². The molecule has 1 aromatic heterocycles. The molecule has 150 valence electrons. The topological polar surface area (TPSA) is 110 Å². The van der Waals surface area contributed by atoms with Crippen LogP contribution in [0.4, 0.5) is 11.5 Å². The number of primary amides is 1. The zero-order valence-electron chi connectivity index (χ0n) is 16.3. The van der Waals surface area contributed by atoms with Gasteiger partial charge in [-0.15, -0.1) is 0 Å². The number of aromatic nitrogens is 2. The molecule has 1 unspecified atom stereocenters. The summed E-state index contributed by atoms with van der Waals surface area (Å²) in [5.41, 5.74) is 7.85. The third kappa shape index (κ3) is 2.40. The van der Waals surface area contributed by atoms with Gasteiger partial charge in [-0.2, -0.15) is 5.10 Å². The monoisotopic (exact) mass is 401 g/mol. The van der Waals surface area contributed by atoms with Gasteiger partial charge < -0.3 is 16.0 Å². The van der Waals surface area contributed by atoms with Crippen LogP contribution in [0.1, 0.15) is 23.1 Å². The van der Waals surface area contributed by atoms with Crippen LogP contribution in [0.2, 0.25) is 0 Å². The van der Waals surface area contributed by atoms with Crippen LogP contribution < -0.4 is 16.0 Å². The van der Waals surface area contributed by atoms with E-state index in [0.29, 0.717) is 22.6 Å². The molecular formula is C22H19N5O3. The second-order valence-corrected chi connectivity index (χ2v) is 7.66. The van der Waals surface area contributed by atoms with E-state index in [0.717, 1.165) is 11.3 Å². The number of hydrogen-bond acceptors (Lipinski definition) is 4. The average molecular weight is 401 g/mol. The van der Waals surface area contributed by atoms with Gasteiger partial charge >= 0.3 is 0 Å². The second kappa shape index (κ2) is 6.28. The van der Waals surface area contributed by atoms with E-state index in [1.54, 1.807) is 23.0 Å². The Hall–Kier alpha value is -3.94. The third-order valence-corrected chi connectivity index (χ3v) is 5.74. The van der Waals surface area contributed by atoms with E-state index < -0.39 is 11.3 Å². The number of carbonyl (C=O) groups excluding carboxylic acids is 3. The molecule has 30 heavy (non-hydrogen) atoms. The van der Waals surface area contributed by atoms with Crippen molar-refractivity contribution < 1.29 is 14.4 Å². The Morgan fingerprint density at radius 3 is 2.73 bits per heavy atom. The zero-order valence-corrected chi connectivity index (χ0v) is 16.3. The molecule has 2 aromatic carbocycles. The molecule has 3 aromatic rings. The van der Waals surface area contributed by atoms with Gasteiger partial charge in [-0.25, -0.2) is 4.68 Å². The van der Waals surface area contributed by atoms with Crippen LogP contribution in [0, 0.1) is 6.92 Å². The largest absolute Gasteiger partial charge is 0.368 e. The first kappa shape index (κ1) is 18.1. The van der Waals surface area contributed by atoms with Crippen LogP contribution in [0.15, 0.2) is 54.7 Å². The summed E-state index contributed by atoms with van der Waals surface area (Å²) < 4.78 is 1.63. The molecule has 2 aliphatic heterocycles. The second-order valence-electron chi connectivity index (χ2n) is 7.66. The molecule has 0 fully saturated rings. The highest BCUT2D eigenvalue weighted by Crippen LogP contribution is 2.52. The summed E-state index contributed by atoms with van der Waals surface area (Å²) in [5.74, 6) is -0.796. The first-order chi connectivity index (χ1) is 14.4. The average Bonchev–Trinajstić information content (AvgIpc) is 3.23. The molecule has 8 heteroatoms. The summed E-state index contributed by atoms with van der Waals surface area (Å²) in [4.78, 5) is 39.5. The number of nitrogens with zero attached hydrogens (tertiary/aromatic N) is 3. The lowest BCUT2D eigenvalue weighted by Crippen LogP contribution is -2.48. The van der Waals surface area contributed by atoms with Crippen molar-refractivity contribution in [3.8, 4) is 5.69 Å². The van der Waals surface area contributed by atoms with Gasteiger partial charge in [-0.1, -0.05) is 30.3 Å². The van der Waals surface area contributed by atoms with Gasteiger partial charge in [0.2, 0.25) is 17.7 Å². The van der Waals surface area contributed by atoms with Crippen LogP contribution >= 0.6 is 0 Å². The molecule has 1 atom stereocenters. The number of nitrogens with two attached hydrogens (primary N) is 1. The summed E-state index contributed by atoms with van der Waals surface area (Å²) in [5, 5.41) is 7.38. The summed E-state index contributed by atoms with van der Waals surface area (Å²) in [6.07, 6.45) is 1.56. The Morgan fingerprint density at radius 2 is 1.97 bits per heavy atom. The van der Waals surface area contributed by atoms with E-state index in [2.05, 4.69) is 10.4 Å². The summed E-state index contributed by atoms with van der Waals surface area (Å²) in [7, 11) is 0. The van der Waals surface area contributed by atoms with Crippen LogP contribution in [-0.2, 0) is 19.8 Å². The summed E-state index contributed by atoms with van der Waals surface area (Å²) >= 11 is 0. The zero-order chi connectivity index (χ0) is 21.0. The van der Waals surface area contributed by atoms with E-state index in [-0.39, 0.29) is 24.8 Å².